The van der Waals surface area contributed by atoms with Gasteiger partial charge in [0.15, 0.2) is 5.78 Å². The first-order chi connectivity index (χ1) is 22.0. The molecule has 0 amide bonds. The number of fused-ring (bicyclic) bond motifs is 6. The summed E-state index contributed by atoms with van der Waals surface area (Å²) in [4.78, 5) is 14.6. The monoisotopic (exact) mass is 777 g/mol. The molecule has 3 aromatic heterocycles. The van der Waals surface area contributed by atoms with E-state index in [9.17, 15) is 4.79 Å². The van der Waals surface area contributed by atoms with Gasteiger partial charge in [-0.2, -0.15) is 0 Å². The van der Waals surface area contributed by atoms with Gasteiger partial charge in [0, 0.05) is 60.0 Å². The van der Waals surface area contributed by atoms with Crippen LogP contribution in [0, 0.1) is 6.07 Å². The first-order valence-corrected chi connectivity index (χ1v) is 14.8. The molecule has 0 aliphatic heterocycles. The molecule has 0 unspecified atom stereocenters. The average molecular weight is 777 g/mol. The van der Waals surface area contributed by atoms with Crippen LogP contribution in [0.15, 0.2) is 145 Å². The number of para-hydroxylation sites is 3. The normalized spacial score (nSPS) is 11.4. The van der Waals surface area contributed by atoms with E-state index in [2.05, 4.69) is 129 Å². The number of carbonyl (C=O) groups is 1. The van der Waals surface area contributed by atoms with Gasteiger partial charge in [0.25, 0.3) is 0 Å². The van der Waals surface area contributed by atoms with E-state index in [0.29, 0.717) is 0 Å². The molecule has 1 N–H and O–H groups in total. The molecular formula is C40H30IrN3O2-. The second kappa shape index (κ2) is 13.0. The second-order valence-electron chi connectivity index (χ2n) is 11.0. The van der Waals surface area contributed by atoms with Crippen molar-refractivity contribution in [2.75, 3.05) is 0 Å². The number of carbonyl (C=O) groups excluding carboxylic acids is 1. The van der Waals surface area contributed by atoms with E-state index >= 15 is 0 Å². The average Bonchev–Trinajstić information content (AvgIpc) is 3.56. The quantitative estimate of drug-likeness (QED) is 0.110. The first kappa shape index (κ1) is 30.7. The summed E-state index contributed by atoms with van der Waals surface area (Å²) in [5.41, 5.74) is 8.92. The smallest absolute Gasteiger partial charge is 0.155 e. The summed E-state index contributed by atoms with van der Waals surface area (Å²) in [5, 5.41) is 13.3. The molecule has 227 valence electrons. The van der Waals surface area contributed by atoms with E-state index in [0.717, 1.165) is 28.1 Å². The fourth-order valence-electron chi connectivity index (χ4n) is 6.09. The van der Waals surface area contributed by atoms with Crippen molar-refractivity contribution < 1.29 is 30.0 Å². The predicted molar refractivity (Wildman–Crippen MR) is 184 cm³/mol. The van der Waals surface area contributed by atoms with Crippen LogP contribution < -0.4 is 0 Å². The zero-order valence-corrected chi connectivity index (χ0v) is 27.7. The minimum atomic E-state index is -0.125. The molecule has 0 fully saturated rings. The minimum Gasteiger partial charge on any atom is -0.512 e. The van der Waals surface area contributed by atoms with Crippen molar-refractivity contribution in [1.29, 1.82) is 0 Å². The molecule has 46 heavy (non-hydrogen) atoms. The molecule has 0 saturated heterocycles. The van der Waals surface area contributed by atoms with E-state index in [1.807, 2.05) is 24.4 Å². The molecule has 8 aromatic rings. The van der Waals surface area contributed by atoms with Gasteiger partial charge in [0.05, 0.1) is 16.8 Å². The number of aliphatic hydroxyl groups is 1. The Kier molecular flexibility index (Phi) is 8.67. The van der Waals surface area contributed by atoms with Crippen LogP contribution in [0.25, 0.3) is 66.2 Å². The Morgan fingerprint density at radius 2 is 1.22 bits per heavy atom. The molecule has 0 aliphatic rings. The van der Waals surface area contributed by atoms with Crippen molar-refractivity contribution in [2.45, 2.75) is 13.8 Å². The van der Waals surface area contributed by atoms with Gasteiger partial charge in [-0.3, -0.25) is 4.79 Å². The zero-order valence-electron chi connectivity index (χ0n) is 25.3. The van der Waals surface area contributed by atoms with Crippen molar-refractivity contribution in [2.24, 2.45) is 0 Å². The number of hydrogen-bond donors (Lipinski definition) is 1. The summed E-state index contributed by atoms with van der Waals surface area (Å²) in [6.07, 6.45) is 3.00. The molecule has 0 saturated carbocycles. The SMILES string of the molecule is CC(=O)/C=C(/C)O.[Ir].[c-]1cc2c(cc1-c1ccccn1)c1cc3c4ccccc4n(-c4ccccc4)c3cc1n2-c1ccccc1. The summed E-state index contributed by atoms with van der Waals surface area (Å²) in [6.45, 7) is 2.85. The maximum absolute atomic E-state index is 10.0. The molecule has 0 atom stereocenters. The predicted octanol–water partition coefficient (Wildman–Crippen LogP) is 9.78. The fraction of sp³-hybridized carbons (Fsp3) is 0.0500. The van der Waals surface area contributed by atoms with Crippen LogP contribution in [0.3, 0.4) is 0 Å². The molecule has 1 radical (unpaired) electrons. The third-order valence-electron chi connectivity index (χ3n) is 7.87. The first-order valence-electron chi connectivity index (χ1n) is 14.8. The molecule has 0 aliphatic carbocycles. The van der Waals surface area contributed by atoms with E-state index < -0.39 is 0 Å². The number of ketones is 1. The van der Waals surface area contributed by atoms with Crippen molar-refractivity contribution in [3.63, 3.8) is 0 Å². The van der Waals surface area contributed by atoms with E-state index in [1.165, 1.54) is 58.0 Å². The maximum Gasteiger partial charge on any atom is 0.155 e. The van der Waals surface area contributed by atoms with Crippen molar-refractivity contribution in [1.82, 2.24) is 14.1 Å². The Bertz CT molecular complexity index is 2350. The Morgan fingerprint density at radius 1 is 0.652 bits per heavy atom. The van der Waals surface area contributed by atoms with Crippen molar-refractivity contribution >= 4 is 49.4 Å². The van der Waals surface area contributed by atoms with Crippen LogP contribution in [0.5, 0.6) is 0 Å². The maximum atomic E-state index is 10.0. The third kappa shape index (κ3) is 5.65. The van der Waals surface area contributed by atoms with Gasteiger partial charge in [-0.05, 0) is 79.0 Å². The molecule has 0 bridgehead atoms. The molecule has 0 spiro atoms. The Balaban J connectivity index is 0.000000421. The summed E-state index contributed by atoms with van der Waals surface area (Å²) in [6, 6.07) is 48.5. The Morgan fingerprint density at radius 3 is 1.80 bits per heavy atom. The Labute approximate surface area is 280 Å². The standard InChI is InChI=1S/C35H22N3.C5H8O2.Ir/c1-3-11-25(12-4-1)37-32-17-8-7-15-27(32)29-22-30-28-21-24(31-16-9-10-20-36-31)18-19-33(28)38(35(30)23-34(29)37)26-13-5-2-6-14-26;1-4(6)3-5(2)7;/h1-17,19-23H;3,6H,1-2H3;/q-1;;/b;4-3-;. The number of nitrogens with zero attached hydrogens (tertiary/aromatic N) is 3. The van der Waals surface area contributed by atoms with Crippen LogP contribution in [0.4, 0.5) is 0 Å². The number of aliphatic hydroxyl groups excluding tert-OH is 1. The van der Waals surface area contributed by atoms with Crippen LogP contribution >= 0.6 is 0 Å². The van der Waals surface area contributed by atoms with Crippen LogP contribution in [0.2, 0.25) is 0 Å². The summed E-state index contributed by atoms with van der Waals surface area (Å²) in [7, 11) is 0. The molecule has 8 rings (SSSR count). The molecular weight excluding hydrogens is 747 g/mol. The van der Waals surface area contributed by atoms with Gasteiger partial charge in [-0.1, -0.05) is 72.1 Å². The number of benzene rings is 5. The van der Waals surface area contributed by atoms with Gasteiger partial charge in [-0.15, -0.1) is 23.8 Å². The summed E-state index contributed by atoms with van der Waals surface area (Å²) >= 11 is 0. The van der Waals surface area contributed by atoms with Gasteiger partial charge in [0.1, 0.15) is 0 Å². The zero-order chi connectivity index (χ0) is 30.9. The van der Waals surface area contributed by atoms with Crippen molar-refractivity contribution in [3.8, 4) is 22.6 Å². The molecule has 5 nitrogen and oxygen atoms in total. The number of pyridine rings is 1. The number of hydrogen-bond acceptors (Lipinski definition) is 3. The van der Waals surface area contributed by atoms with Gasteiger partial charge < -0.3 is 19.2 Å². The largest absolute Gasteiger partial charge is 0.512 e. The van der Waals surface area contributed by atoms with E-state index in [1.54, 1.807) is 0 Å². The Hall–Kier alpha value is -5.29. The van der Waals surface area contributed by atoms with Crippen LogP contribution in [-0.4, -0.2) is 25.0 Å². The van der Waals surface area contributed by atoms with Crippen molar-refractivity contribution in [3.05, 3.63) is 151 Å². The molecule has 5 aromatic carbocycles. The number of rotatable bonds is 4. The summed E-state index contributed by atoms with van der Waals surface area (Å²) in [5.74, 6) is -0.0625. The summed E-state index contributed by atoms with van der Waals surface area (Å²) < 4.78 is 4.73. The number of allylic oxidation sites excluding steroid dienone is 2. The second-order valence-corrected chi connectivity index (χ2v) is 11.0. The topological polar surface area (TPSA) is 60.0 Å². The van der Waals surface area contributed by atoms with Gasteiger partial charge >= 0.3 is 0 Å². The van der Waals surface area contributed by atoms with Crippen LogP contribution in [-0.2, 0) is 24.9 Å². The number of aromatic nitrogens is 3. The van der Waals surface area contributed by atoms with Crippen LogP contribution in [0.1, 0.15) is 13.8 Å². The van der Waals surface area contributed by atoms with Gasteiger partial charge in [0.2, 0.25) is 0 Å². The molecule has 3 heterocycles. The van der Waals surface area contributed by atoms with E-state index in [4.69, 9.17) is 5.11 Å². The fourth-order valence-corrected chi connectivity index (χ4v) is 6.09. The minimum absolute atomic E-state index is 0. The molecule has 6 heteroatoms. The third-order valence-corrected chi connectivity index (χ3v) is 7.87. The van der Waals surface area contributed by atoms with Gasteiger partial charge in [-0.25, -0.2) is 0 Å². The van der Waals surface area contributed by atoms with E-state index in [-0.39, 0.29) is 31.6 Å².